The monoisotopic (exact) mass is 278 g/mol. The van der Waals surface area contributed by atoms with Gasteiger partial charge in [-0.05, 0) is 69.1 Å². The number of carbonyl (C=O) groups is 1. The zero-order valence-electron chi connectivity index (χ0n) is 14.0. The molecule has 0 spiro atoms. The lowest BCUT2D eigenvalue weighted by Crippen LogP contribution is -2.16. The Hall–Kier alpha value is -0.590. The van der Waals surface area contributed by atoms with Crippen LogP contribution in [0.15, 0.2) is 12.2 Å². The Morgan fingerprint density at radius 1 is 1.25 bits per heavy atom. The molecule has 0 radical (unpaired) electrons. The molecule has 0 aromatic heterocycles. The predicted octanol–water partition coefficient (Wildman–Crippen LogP) is 5.79. The fourth-order valence-corrected chi connectivity index (χ4v) is 3.47. The molecule has 1 nitrogen and oxygen atoms in total. The molecule has 0 N–H and O–H groups in total. The van der Waals surface area contributed by atoms with Gasteiger partial charge in [-0.15, -0.1) is 0 Å². The normalized spacial score (nSPS) is 23.3. The quantitative estimate of drug-likeness (QED) is 0.488. The van der Waals surface area contributed by atoms with Crippen molar-refractivity contribution >= 4 is 5.78 Å². The van der Waals surface area contributed by atoms with Crippen LogP contribution >= 0.6 is 0 Å². The largest absolute Gasteiger partial charge is 0.300 e. The first kappa shape index (κ1) is 17.5. The number of allylic oxidation sites excluding steroid dienone is 2. The summed E-state index contributed by atoms with van der Waals surface area (Å²) in [6.45, 7) is 8.89. The van der Waals surface area contributed by atoms with Gasteiger partial charge in [-0.25, -0.2) is 0 Å². The molecule has 1 rings (SSSR count). The maximum Gasteiger partial charge on any atom is 0.129 e. The van der Waals surface area contributed by atoms with Gasteiger partial charge in [-0.1, -0.05) is 39.3 Å². The highest BCUT2D eigenvalue weighted by molar-refractivity contribution is 5.75. The maximum absolute atomic E-state index is 11.0. The highest BCUT2D eigenvalue weighted by Crippen LogP contribution is 2.31. The molecule has 2 unspecified atom stereocenters. The molecule has 0 amide bonds. The van der Waals surface area contributed by atoms with E-state index in [-0.39, 0.29) is 0 Å². The Kier molecular flexibility index (Phi) is 8.18. The van der Waals surface area contributed by atoms with Crippen LogP contribution in [0, 0.1) is 23.7 Å². The zero-order chi connectivity index (χ0) is 15.0. The molecule has 0 fully saturated rings. The van der Waals surface area contributed by atoms with E-state index in [1.54, 1.807) is 6.92 Å². The van der Waals surface area contributed by atoms with Crippen LogP contribution in [-0.2, 0) is 4.79 Å². The van der Waals surface area contributed by atoms with Crippen molar-refractivity contribution in [1.82, 2.24) is 0 Å². The van der Waals surface area contributed by atoms with Crippen LogP contribution in [0.3, 0.4) is 0 Å². The number of carbonyl (C=O) groups excluding carboxylic acids is 1. The first-order valence-corrected chi connectivity index (χ1v) is 8.65. The average molecular weight is 278 g/mol. The van der Waals surface area contributed by atoms with E-state index in [0.29, 0.717) is 5.78 Å². The summed E-state index contributed by atoms with van der Waals surface area (Å²) < 4.78 is 0. The molecule has 1 heteroatoms. The second-order valence-electron chi connectivity index (χ2n) is 7.24. The highest BCUT2D eigenvalue weighted by atomic mass is 16.1. The molecule has 0 heterocycles. The van der Waals surface area contributed by atoms with Crippen LogP contribution in [0.4, 0.5) is 0 Å². The zero-order valence-corrected chi connectivity index (χ0v) is 14.0. The summed E-state index contributed by atoms with van der Waals surface area (Å²) >= 11 is 0. The van der Waals surface area contributed by atoms with E-state index >= 15 is 0 Å². The van der Waals surface area contributed by atoms with E-state index in [4.69, 9.17) is 0 Å². The van der Waals surface area contributed by atoms with E-state index in [1.807, 2.05) is 0 Å². The number of ketones is 1. The van der Waals surface area contributed by atoms with Crippen molar-refractivity contribution < 1.29 is 4.79 Å². The molecule has 4 atom stereocenters. The van der Waals surface area contributed by atoms with Gasteiger partial charge in [0.05, 0.1) is 0 Å². The molecule has 0 aromatic rings. The Morgan fingerprint density at radius 2 is 2.00 bits per heavy atom. The predicted molar refractivity (Wildman–Crippen MR) is 87.7 cm³/mol. The van der Waals surface area contributed by atoms with E-state index in [1.165, 1.54) is 38.5 Å². The van der Waals surface area contributed by atoms with Crippen LogP contribution in [0.1, 0.15) is 79.1 Å². The van der Waals surface area contributed by atoms with E-state index in [9.17, 15) is 4.79 Å². The number of hydrogen-bond donors (Lipinski definition) is 0. The Bertz CT molecular complexity index is 305. The van der Waals surface area contributed by atoms with E-state index < -0.39 is 0 Å². The Balaban J connectivity index is 2.22. The molecule has 0 saturated carbocycles. The minimum Gasteiger partial charge on any atom is -0.300 e. The molecule has 0 saturated heterocycles. The second-order valence-corrected chi connectivity index (χ2v) is 7.24. The molecule has 1 aliphatic rings. The van der Waals surface area contributed by atoms with Gasteiger partial charge in [-0.2, -0.15) is 0 Å². The molecular weight excluding hydrogens is 244 g/mol. The minimum absolute atomic E-state index is 0.336. The highest BCUT2D eigenvalue weighted by Gasteiger charge is 2.19. The fraction of sp³-hybridized carbons (Fsp3) is 0.842. The third kappa shape index (κ3) is 7.26. The van der Waals surface area contributed by atoms with Crippen molar-refractivity contribution in [3.8, 4) is 0 Å². The van der Waals surface area contributed by atoms with Crippen molar-refractivity contribution in [2.75, 3.05) is 0 Å². The third-order valence-corrected chi connectivity index (χ3v) is 5.00. The molecule has 116 valence electrons. The van der Waals surface area contributed by atoms with Gasteiger partial charge < -0.3 is 4.79 Å². The summed E-state index contributed by atoms with van der Waals surface area (Å²) in [5.41, 5.74) is 0. The molecule has 0 bridgehead atoms. The standard InChI is InChI=1S/C19H34O/c1-15(9-8-10-18(4)20)13-16(2)17(3)14-19-11-6-5-7-12-19/h6,11,15-17,19H,5,7-10,12-14H2,1-4H3/t15?,16-,17-,19?/m0/s1. The van der Waals surface area contributed by atoms with Crippen LogP contribution in [-0.4, -0.2) is 5.78 Å². The number of hydrogen-bond acceptors (Lipinski definition) is 1. The first-order chi connectivity index (χ1) is 9.49. The summed E-state index contributed by atoms with van der Waals surface area (Å²) in [4.78, 5) is 11.0. The van der Waals surface area contributed by atoms with Gasteiger partial charge in [0.25, 0.3) is 0 Å². The third-order valence-electron chi connectivity index (χ3n) is 5.00. The lowest BCUT2D eigenvalue weighted by molar-refractivity contribution is -0.117. The van der Waals surface area contributed by atoms with Crippen LogP contribution < -0.4 is 0 Å². The molecule has 0 aromatic carbocycles. The molecular formula is C19H34O. The number of Topliss-reactive ketones (excluding diaryl/α,β-unsaturated/α-hetero) is 1. The van der Waals surface area contributed by atoms with Crippen molar-refractivity contribution in [3.05, 3.63) is 12.2 Å². The van der Waals surface area contributed by atoms with E-state index in [2.05, 4.69) is 32.9 Å². The summed E-state index contributed by atoms with van der Waals surface area (Å²) in [5.74, 6) is 3.54. The summed E-state index contributed by atoms with van der Waals surface area (Å²) in [6, 6.07) is 0. The SMILES string of the molecule is CC(=O)CCCC(C)C[C@H](C)[C@@H](C)CC1C=CCCC1. The lowest BCUT2D eigenvalue weighted by atomic mass is 9.79. The van der Waals surface area contributed by atoms with Crippen LogP contribution in [0.5, 0.6) is 0 Å². The first-order valence-electron chi connectivity index (χ1n) is 8.65. The van der Waals surface area contributed by atoms with Gasteiger partial charge in [0, 0.05) is 6.42 Å². The maximum atomic E-state index is 11.0. The van der Waals surface area contributed by atoms with Crippen LogP contribution in [0.25, 0.3) is 0 Å². The van der Waals surface area contributed by atoms with E-state index in [0.717, 1.165) is 36.5 Å². The summed E-state index contributed by atoms with van der Waals surface area (Å²) in [7, 11) is 0. The molecule has 20 heavy (non-hydrogen) atoms. The molecule has 1 aliphatic carbocycles. The number of rotatable bonds is 9. The second kappa shape index (κ2) is 9.37. The van der Waals surface area contributed by atoms with Gasteiger partial charge >= 0.3 is 0 Å². The van der Waals surface area contributed by atoms with Crippen molar-refractivity contribution in [3.63, 3.8) is 0 Å². The topological polar surface area (TPSA) is 17.1 Å². The lowest BCUT2D eigenvalue weighted by Gasteiger charge is -2.27. The average Bonchev–Trinajstić information content (AvgIpc) is 2.39. The van der Waals surface area contributed by atoms with Crippen molar-refractivity contribution in [1.29, 1.82) is 0 Å². The van der Waals surface area contributed by atoms with Gasteiger partial charge in [0.2, 0.25) is 0 Å². The van der Waals surface area contributed by atoms with Crippen LogP contribution in [0.2, 0.25) is 0 Å². The Morgan fingerprint density at radius 3 is 2.60 bits per heavy atom. The van der Waals surface area contributed by atoms with Gasteiger partial charge in [0.1, 0.15) is 5.78 Å². The summed E-state index contributed by atoms with van der Waals surface area (Å²) in [5, 5.41) is 0. The smallest absolute Gasteiger partial charge is 0.129 e. The van der Waals surface area contributed by atoms with Crippen molar-refractivity contribution in [2.24, 2.45) is 23.7 Å². The summed E-state index contributed by atoms with van der Waals surface area (Å²) in [6.07, 6.45) is 14.6. The molecule has 0 aliphatic heterocycles. The van der Waals surface area contributed by atoms with Gasteiger partial charge in [-0.3, -0.25) is 0 Å². The fourth-order valence-electron chi connectivity index (χ4n) is 3.47. The van der Waals surface area contributed by atoms with Gasteiger partial charge in [0.15, 0.2) is 0 Å². The van der Waals surface area contributed by atoms with Crippen molar-refractivity contribution in [2.45, 2.75) is 79.1 Å². The Labute approximate surface area is 126 Å². The minimum atomic E-state index is 0.336.